The molecule has 0 unspecified atom stereocenters. The number of urea groups is 1. The first kappa shape index (κ1) is 14.9. The van der Waals surface area contributed by atoms with Gasteiger partial charge in [-0.2, -0.15) is 0 Å². The summed E-state index contributed by atoms with van der Waals surface area (Å²) in [4.78, 5) is 26.7. The minimum Gasteiger partial charge on any atom is -0.395 e. The molecule has 0 spiro atoms. The van der Waals surface area contributed by atoms with E-state index in [9.17, 15) is 9.59 Å². The van der Waals surface area contributed by atoms with Crippen LogP contribution in [0.5, 0.6) is 0 Å². The maximum Gasteiger partial charge on any atom is 0.321 e. The molecule has 3 N–H and O–H groups in total. The van der Waals surface area contributed by atoms with Crippen molar-refractivity contribution in [2.24, 2.45) is 0 Å². The average Bonchev–Trinajstić information content (AvgIpc) is 2.55. The highest BCUT2D eigenvalue weighted by Gasteiger charge is 2.17. The number of rotatable bonds is 4. The van der Waals surface area contributed by atoms with Crippen LogP contribution < -0.4 is 10.6 Å². The zero-order valence-corrected chi connectivity index (χ0v) is 10.8. The number of imide groups is 1. The molecule has 1 saturated heterocycles. The number of hydrogen-bond donors (Lipinski definition) is 3. The number of hydrogen-bond acceptors (Lipinski definition) is 5. The Morgan fingerprint density at radius 3 is 2.50 bits per heavy atom. The number of carbonyl (C=O) groups excluding carboxylic acids is 2. The summed E-state index contributed by atoms with van der Waals surface area (Å²) in [5, 5.41) is 13.5. The molecule has 1 heterocycles. The quantitative estimate of drug-likeness (QED) is 0.568. The molecule has 0 radical (unpaired) electrons. The highest BCUT2D eigenvalue weighted by molar-refractivity contribution is 5.95. The van der Waals surface area contributed by atoms with Crippen LogP contribution in [0.2, 0.25) is 0 Å². The van der Waals surface area contributed by atoms with E-state index in [-0.39, 0.29) is 19.1 Å². The number of nitrogens with one attached hydrogen (secondary N) is 2. The van der Waals surface area contributed by atoms with Crippen LogP contribution >= 0.6 is 0 Å². The summed E-state index contributed by atoms with van der Waals surface area (Å²) in [6.07, 6.45) is 0.966. The summed E-state index contributed by atoms with van der Waals surface area (Å²) in [5.74, 6) is -0.287. The first-order chi connectivity index (χ1) is 8.65. The zero-order chi connectivity index (χ0) is 13.4. The van der Waals surface area contributed by atoms with Gasteiger partial charge in [0.15, 0.2) is 0 Å². The SMILES string of the molecule is CNC(=O)NC(=O)CN1CCCN(CCO)CC1. The van der Waals surface area contributed by atoms with Gasteiger partial charge < -0.3 is 10.4 Å². The lowest BCUT2D eigenvalue weighted by Crippen LogP contribution is -2.44. The molecule has 1 aliphatic heterocycles. The minimum atomic E-state index is -0.475. The van der Waals surface area contributed by atoms with Gasteiger partial charge in [0.25, 0.3) is 0 Å². The second-order valence-electron chi connectivity index (χ2n) is 4.32. The predicted molar refractivity (Wildman–Crippen MR) is 67.2 cm³/mol. The predicted octanol–water partition coefficient (Wildman–Crippen LogP) is -1.56. The summed E-state index contributed by atoms with van der Waals surface area (Å²) in [5.41, 5.74) is 0. The van der Waals surface area contributed by atoms with Crippen molar-refractivity contribution in [2.45, 2.75) is 6.42 Å². The molecule has 1 fully saturated rings. The Morgan fingerprint density at radius 2 is 1.83 bits per heavy atom. The molecule has 1 rings (SSSR count). The van der Waals surface area contributed by atoms with Crippen LogP contribution in [-0.4, -0.2) is 79.8 Å². The number of carbonyl (C=O) groups is 2. The van der Waals surface area contributed by atoms with Gasteiger partial charge in [0.1, 0.15) is 0 Å². The maximum absolute atomic E-state index is 11.5. The molecular weight excluding hydrogens is 236 g/mol. The van der Waals surface area contributed by atoms with E-state index >= 15 is 0 Å². The van der Waals surface area contributed by atoms with Gasteiger partial charge >= 0.3 is 6.03 Å². The van der Waals surface area contributed by atoms with Gasteiger partial charge in [-0.05, 0) is 19.5 Å². The summed E-state index contributed by atoms with van der Waals surface area (Å²) >= 11 is 0. The van der Waals surface area contributed by atoms with E-state index in [4.69, 9.17) is 5.11 Å². The Bertz CT molecular complexity index is 285. The van der Waals surface area contributed by atoms with Crippen molar-refractivity contribution in [1.82, 2.24) is 20.4 Å². The monoisotopic (exact) mass is 258 g/mol. The standard InChI is InChI=1S/C11H22N4O3/c1-12-11(18)13-10(17)9-15-4-2-3-14(5-6-15)7-8-16/h16H,2-9H2,1H3,(H2,12,13,17,18). The second kappa shape index (κ2) is 8.02. The average molecular weight is 258 g/mol. The summed E-state index contributed by atoms with van der Waals surface area (Å²) in [7, 11) is 1.47. The van der Waals surface area contributed by atoms with Gasteiger partial charge in [-0.15, -0.1) is 0 Å². The summed E-state index contributed by atoms with van der Waals surface area (Å²) in [6.45, 7) is 4.47. The van der Waals surface area contributed by atoms with E-state index in [1.165, 1.54) is 7.05 Å². The number of β-amino-alcohol motifs (C(OH)–C–C–N with tert-alkyl or cyclic N) is 1. The van der Waals surface area contributed by atoms with Crippen LogP contribution in [-0.2, 0) is 4.79 Å². The number of nitrogens with zero attached hydrogens (tertiary/aromatic N) is 2. The molecule has 0 aromatic carbocycles. The van der Waals surface area contributed by atoms with Crippen LogP contribution in [0.4, 0.5) is 4.79 Å². The van der Waals surface area contributed by atoms with Crippen LogP contribution in [0.25, 0.3) is 0 Å². The summed E-state index contributed by atoms with van der Waals surface area (Å²) in [6, 6.07) is -0.475. The minimum absolute atomic E-state index is 0.164. The van der Waals surface area contributed by atoms with Gasteiger partial charge in [-0.1, -0.05) is 0 Å². The largest absolute Gasteiger partial charge is 0.395 e. The van der Waals surface area contributed by atoms with Crippen molar-refractivity contribution in [3.63, 3.8) is 0 Å². The number of aliphatic hydroxyl groups is 1. The van der Waals surface area contributed by atoms with Crippen LogP contribution in [0.15, 0.2) is 0 Å². The molecule has 0 saturated carbocycles. The molecule has 0 atom stereocenters. The highest BCUT2D eigenvalue weighted by Crippen LogP contribution is 2.02. The van der Waals surface area contributed by atoms with E-state index in [1.807, 2.05) is 4.90 Å². The van der Waals surface area contributed by atoms with E-state index in [2.05, 4.69) is 15.5 Å². The third kappa shape index (κ3) is 5.44. The van der Waals surface area contributed by atoms with Crippen molar-refractivity contribution in [1.29, 1.82) is 0 Å². The molecule has 3 amide bonds. The smallest absolute Gasteiger partial charge is 0.321 e. The lowest BCUT2D eigenvalue weighted by Gasteiger charge is -2.20. The number of amides is 3. The Balaban J connectivity index is 2.30. The van der Waals surface area contributed by atoms with E-state index < -0.39 is 6.03 Å². The Kier molecular flexibility index (Phi) is 6.63. The topological polar surface area (TPSA) is 84.9 Å². The van der Waals surface area contributed by atoms with Gasteiger partial charge in [-0.3, -0.25) is 19.9 Å². The van der Waals surface area contributed by atoms with Crippen molar-refractivity contribution < 1.29 is 14.7 Å². The van der Waals surface area contributed by atoms with Gasteiger partial charge in [0.2, 0.25) is 5.91 Å². The molecule has 1 aliphatic rings. The van der Waals surface area contributed by atoms with E-state index in [1.54, 1.807) is 0 Å². The van der Waals surface area contributed by atoms with Gasteiger partial charge in [0, 0.05) is 26.7 Å². The fraction of sp³-hybridized carbons (Fsp3) is 0.818. The van der Waals surface area contributed by atoms with E-state index in [0.29, 0.717) is 6.54 Å². The first-order valence-corrected chi connectivity index (χ1v) is 6.23. The van der Waals surface area contributed by atoms with Crippen molar-refractivity contribution in [3.8, 4) is 0 Å². The second-order valence-corrected chi connectivity index (χ2v) is 4.32. The van der Waals surface area contributed by atoms with Crippen molar-refractivity contribution in [2.75, 3.05) is 52.9 Å². The molecule has 18 heavy (non-hydrogen) atoms. The van der Waals surface area contributed by atoms with E-state index in [0.717, 1.165) is 32.6 Å². The molecule has 7 nitrogen and oxygen atoms in total. The molecule has 104 valence electrons. The maximum atomic E-state index is 11.5. The summed E-state index contributed by atoms with van der Waals surface area (Å²) < 4.78 is 0. The molecule has 0 aromatic heterocycles. The van der Waals surface area contributed by atoms with Crippen molar-refractivity contribution >= 4 is 11.9 Å². The molecule has 0 bridgehead atoms. The van der Waals surface area contributed by atoms with Crippen molar-refractivity contribution in [3.05, 3.63) is 0 Å². The van der Waals surface area contributed by atoms with Crippen LogP contribution in [0, 0.1) is 0 Å². The third-order valence-electron chi connectivity index (χ3n) is 2.94. The fourth-order valence-electron chi connectivity index (χ4n) is 1.98. The Labute approximate surface area is 107 Å². The third-order valence-corrected chi connectivity index (χ3v) is 2.94. The van der Waals surface area contributed by atoms with Crippen LogP contribution in [0.3, 0.4) is 0 Å². The molecule has 7 heteroatoms. The highest BCUT2D eigenvalue weighted by atomic mass is 16.3. The lowest BCUT2D eigenvalue weighted by atomic mass is 10.3. The molecular formula is C11H22N4O3. The molecule has 0 aliphatic carbocycles. The fourth-order valence-corrected chi connectivity index (χ4v) is 1.98. The number of aliphatic hydroxyl groups excluding tert-OH is 1. The molecule has 0 aromatic rings. The first-order valence-electron chi connectivity index (χ1n) is 6.23. The Hall–Kier alpha value is -1.18. The van der Waals surface area contributed by atoms with Gasteiger partial charge in [0.05, 0.1) is 13.2 Å². The van der Waals surface area contributed by atoms with Gasteiger partial charge in [-0.25, -0.2) is 4.79 Å². The zero-order valence-electron chi connectivity index (χ0n) is 10.8. The lowest BCUT2D eigenvalue weighted by molar-refractivity contribution is -0.121. The van der Waals surface area contributed by atoms with Crippen LogP contribution in [0.1, 0.15) is 6.42 Å². The normalized spacial score (nSPS) is 18.1. The Morgan fingerprint density at radius 1 is 1.17 bits per heavy atom.